The van der Waals surface area contributed by atoms with Gasteiger partial charge in [0, 0.05) is 32.6 Å². The molecule has 86 valence electrons. The lowest BCUT2D eigenvalue weighted by atomic mass is 10.2. The molecular weight excluding hydrogens is 298 g/mol. The maximum absolute atomic E-state index is 8.87. The fourth-order valence-corrected chi connectivity index (χ4v) is 2.79. The highest BCUT2D eigenvalue weighted by atomic mass is 79.9. The van der Waals surface area contributed by atoms with E-state index in [1.165, 1.54) is 4.88 Å². The molecule has 0 aliphatic carbocycles. The van der Waals surface area contributed by atoms with Gasteiger partial charge in [0.15, 0.2) is 0 Å². The van der Waals surface area contributed by atoms with E-state index in [4.69, 9.17) is 11.0 Å². The highest BCUT2D eigenvalue weighted by molar-refractivity contribution is 9.10. The first-order valence-corrected chi connectivity index (χ1v) is 6.62. The topological polar surface area (TPSA) is 61.8 Å². The number of hydrogen-bond acceptors (Lipinski definition) is 4. The zero-order chi connectivity index (χ0) is 12.3. The Morgan fingerprint density at radius 2 is 2.24 bits per heavy atom. The quantitative estimate of drug-likeness (QED) is 0.852. The summed E-state index contributed by atoms with van der Waals surface area (Å²) in [5.74, 6) is 0. The maximum atomic E-state index is 8.87. The first-order chi connectivity index (χ1) is 8.19. The van der Waals surface area contributed by atoms with Crippen LogP contribution < -0.4 is 11.1 Å². The predicted molar refractivity (Wildman–Crippen MR) is 74.9 cm³/mol. The third-order valence-electron chi connectivity index (χ3n) is 2.26. The van der Waals surface area contributed by atoms with Crippen LogP contribution in [-0.4, -0.2) is 0 Å². The van der Waals surface area contributed by atoms with Gasteiger partial charge in [0.05, 0.1) is 5.56 Å². The van der Waals surface area contributed by atoms with Gasteiger partial charge in [-0.1, -0.05) is 0 Å². The average molecular weight is 308 g/mol. The van der Waals surface area contributed by atoms with Crippen molar-refractivity contribution < 1.29 is 0 Å². The smallest absolute Gasteiger partial charge is 0.101 e. The molecule has 0 spiro atoms. The number of nitrogens with two attached hydrogens (primary N) is 1. The Kier molecular flexibility index (Phi) is 3.67. The molecule has 0 aliphatic heterocycles. The summed E-state index contributed by atoms with van der Waals surface area (Å²) >= 11 is 5.10. The number of thiophene rings is 1. The molecule has 0 atom stereocenters. The van der Waals surface area contributed by atoms with Crippen molar-refractivity contribution in [3.05, 3.63) is 44.6 Å². The van der Waals surface area contributed by atoms with Crippen LogP contribution in [0, 0.1) is 11.3 Å². The van der Waals surface area contributed by atoms with Gasteiger partial charge in [0.1, 0.15) is 6.07 Å². The first kappa shape index (κ1) is 12.0. The van der Waals surface area contributed by atoms with Crippen LogP contribution in [-0.2, 0) is 6.54 Å². The van der Waals surface area contributed by atoms with E-state index < -0.39 is 0 Å². The molecule has 0 bridgehead atoms. The normalized spacial score (nSPS) is 9.88. The largest absolute Gasteiger partial charge is 0.398 e. The average Bonchev–Trinajstić information content (AvgIpc) is 2.74. The van der Waals surface area contributed by atoms with Crippen LogP contribution in [0.15, 0.2) is 34.1 Å². The number of nitrogen functional groups attached to an aromatic ring is 1. The monoisotopic (exact) mass is 307 g/mol. The minimum Gasteiger partial charge on any atom is -0.398 e. The van der Waals surface area contributed by atoms with Crippen molar-refractivity contribution in [2.24, 2.45) is 0 Å². The molecule has 17 heavy (non-hydrogen) atoms. The van der Waals surface area contributed by atoms with Crippen LogP contribution in [0.3, 0.4) is 0 Å². The van der Waals surface area contributed by atoms with E-state index in [-0.39, 0.29) is 0 Å². The lowest BCUT2D eigenvalue weighted by molar-refractivity contribution is 1.19. The number of nitrogens with zero attached hydrogens (tertiary/aromatic N) is 1. The summed E-state index contributed by atoms with van der Waals surface area (Å²) < 4.78 is 1.09. The molecule has 5 heteroatoms. The van der Waals surface area contributed by atoms with Crippen LogP contribution in [0.5, 0.6) is 0 Å². The zero-order valence-corrected chi connectivity index (χ0v) is 11.3. The fraction of sp³-hybridized carbons (Fsp3) is 0.0833. The molecule has 1 aromatic heterocycles. The molecule has 0 fully saturated rings. The van der Waals surface area contributed by atoms with Crippen molar-refractivity contribution in [1.29, 1.82) is 5.26 Å². The molecule has 3 nitrogen and oxygen atoms in total. The van der Waals surface area contributed by atoms with Gasteiger partial charge in [0.25, 0.3) is 0 Å². The first-order valence-electron chi connectivity index (χ1n) is 4.95. The molecule has 3 N–H and O–H groups in total. The minimum absolute atomic E-state index is 0.502. The molecule has 0 radical (unpaired) electrons. The molecule has 2 rings (SSSR count). The Balaban J connectivity index is 2.07. The van der Waals surface area contributed by atoms with Crippen LogP contribution in [0.2, 0.25) is 0 Å². The van der Waals surface area contributed by atoms with Crippen LogP contribution in [0.1, 0.15) is 10.4 Å². The lowest BCUT2D eigenvalue weighted by Gasteiger charge is -2.06. The van der Waals surface area contributed by atoms with E-state index in [0.29, 0.717) is 11.3 Å². The van der Waals surface area contributed by atoms with Gasteiger partial charge < -0.3 is 11.1 Å². The summed E-state index contributed by atoms with van der Waals surface area (Å²) in [7, 11) is 0. The number of nitrogens with one attached hydrogen (secondary N) is 1. The highest BCUT2D eigenvalue weighted by Gasteiger charge is 2.01. The van der Waals surface area contributed by atoms with Gasteiger partial charge in [-0.25, -0.2) is 0 Å². The van der Waals surface area contributed by atoms with Crippen LogP contribution in [0.4, 0.5) is 11.4 Å². The highest BCUT2D eigenvalue weighted by Crippen LogP contribution is 2.22. The van der Waals surface area contributed by atoms with E-state index in [1.807, 2.05) is 11.4 Å². The number of hydrogen-bond donors (Lipinski definition) is 2. The van der Waals surface area contributed by atoms with Gasteiger partial charge in [-0.2, -0.15) is 5.26 Å². The van der Waals surface area contributed by atoms with Gasteiger partial charge in [0.2, 0.25) is 0 Å². The maximum Gasteiger partial charge on any atom is 0.101 e. The van der Waals surface area contributed by atoms with Crippen molar-refractivity contribution in [1.82, 2.24) is 0 Å². The summed E-state index contributed by atoms with van der Waals surface area (Å²) in [6.45, 7) is 0.741. The molecule has 2 aromatic rings. The van der Waals surface area contributed by atoms with Crippen molar-refractivity contribution >= 4 is 38.6 Å². The Morgan fingerprint density at radius 3 is 2.88 bits per heavy atom. The Labute approximate surface area is 112 Å². The number of halogens is 1. The summed E-state index contributed by atoms with van der Waals surface area (Å²) in [5, 5.41) is 14.2. The van der Waals surface area contributed by atoms with E-state index in [0.717, 1.165) is 16.7 Å². The van der Waals surface area contributed by atoms with Gasteiger partial charge in [-0.05, 0) is 40.2 Å². The number of rotatable bonds is 3. The molecular formula is C12H10BrN3S. The summed E-state index contributed by atoms with van der Waals surface area (Å²) in [6, 6.07) is 9.51. The van der Waals surface area contributed by atoms with Crippen molar-refractivity contribution in [3.8, 4) is 6.07 Å². The standard InChI is InChI=1S/C12H10BrN3S/c13-9-4-11(17-7-9)6-16-10-1-2-12(15)8(3-10)5-14/h1-4,7,16H,6,15H2. The van der Waals surface area contributed by atoms with E-state index in [1.54, 1.807) is 23.5 Å². The second kappa shape index (κ2) is 5.21. The Morgan fingerprint density at radius 1 is 1.41 bits per heavy atom. The van der Waals surface area contributed by atoms with Crippen molar-refractivity contribution in [2.45, 2.75) is 6.54 Å². The molecule has 0 amide bonds. The fourth-order valence-electron chi connectivity index (χ4n) is 1.40. The molecule has 1 heterocycles. The summed E-state index contributed by atoms with van der Waals surface area (Å²) in [4.78, 5) is 1.23. The molecule has 0 saturated heterocycles. The van der Waals surface area contributed by atoms with Gasteiger partial charge in [-0.3, -0.25) is 0 Å². The lowest BCUT2D eigenvalue weighted by Crippen LogP contribution is -1.99. The Bertz CT molecular complexity index is 571. The van der Waals surface area contributed by atoms with Crippen molar-refractivity contribution in [3.63, 3.8) is 0 Å². The molecule has 1 aromatic carbocycles. The summed E-state index contributed by atoms with van der Waals surface area (Å²) in [5.41, 5.74) is 7.57. The number of nitriles is 1. The van der Waals surface area contributed by atoms with Crippen LogP contribution >= 0.6 is 27.3 Å². The van der Waals surface area contributed by atoms with Crippen LogP contribution in [0.25, 0.3) is 0 Å². The number of anilines is 2. The predicted octanol–water partition coefficient (Wildman–Crippen LogP) is 3.58. The van der Waals surface area contributed by atoms with E-state index in [2.05, 4.69) is 33.4 Å². The van der Waals surface area contributed by atoms with E-state index >= 15 is 0 Å². The second-order valence-corrected chi connectivity index (χ2v) is 5.41. The van der Waals surface area contributed by atoms with Gasteiger partial charge >= 0.3 is 0 Å². The third-order valence-corrected chi connectivity index (χ3v) is 3.96. The summed E-state index contributed by atoms with van der Waals surface area (Å²) in [6.07, 6.45) is 0. The zero-order valence-electron chi connectivity index (χ0n) is 8.90. The minimum atomic E-state index is 0.502. The third kappa shape index (κ3) is 2.99. The molecule has 0 saturated carbocycles. The molecule has 0 aliphatic rings. The van der Waals surface area contributed by atoms with E-state index in [9.17, 15) is 0 Å². The van der Waals surface area contributed by atoms with Gasteiger partial charge in [-0.15, -0.1) is 11.3 Å². The number of benzene rings is 1. The Hall–Kier alpha value is -1.51. The van der Waals surface area contributed by atoms with Crippen molar-refractivity contribution in [2.75, 3.05) is 11.1 Å². The SMILES string of the molecule is N#Cc1cc(NCc2cc(Br)cs2)ccc1N. The molecule has 0 unspecified atom stereocenters. The second-order valence-electron chi connectivity index (χ2n) is 3.50.